The molecule has 1 saturated heterocycles. The van der Waals surface area contributed by atoms with E-state index in [1.807, 2.05) is 0 Å². The van der Waals surface area contributed by atoms with E-state index in [4.69, 9.17) is 4.74 Å². The highest BCUT2D eigenvalue weighted by Gasteiger charge is 2.50. The molecule has 0 aromatic carbocycles. The van der Waals surface area contributed by atoms with Gasteiger partial charge < -0.3 is 20.1 Å². The second-order valence-corrected chi connectivity index (χ2v) is 5.76. The fourth-order valence-corrected chi connectivity index (χ4v) is 3.36. The molecule has 0 radical (unpaired) electrons. The van der Waals surface area contributed by atoms with Gasteiger partial charge in [0.1, 0.15) is 0 Å². The topological polar surface area (TPSA) is 69.9 Å². The van der Waals surface area contributed by atoms with Crippen molar-refractivity contribution in [2.24, 2.45) is 11.8 Å². The molecule has 2 aliphatic carbocycles. The lowest BCUT2D eigenvalue weighted by Crippen LogP contribution is -2.22. The van der Waals surface area contributed by atoms with Crippen LogP contribution < -0.4 is 0 Å². The Balaban J connectivity index is 1.60. The molecular weight excluding hydrogens is 208 g/mol. The first kappa shape index (κ1) is 11.0. The minimum atomic E-state index is -0.644. The largest absolute Gasteiger partial charge is 0.393 e. The van der Waals surface area contributed by atoms with E-state index in [0.717, 1.165) is 25.7 Å². The van der Waals surface area contributed by atoms with E-state index < -0.39 is 11.9 Å². The standard InChI is InChI=1S/C12H20O4/c13-9-6-10-8(5-11(14)16-10)7(9)1-2-12(15)3-4-12/h7-11,13-15H,1-6H2/t7?,8?,9?,10-,11?/m0/s1. The van der Waals surface area contributed by atoms with Gasteiger partial charge in [0.25, 0.3) is 0 Å². The fraction of sp³-hybridized carbons (Fsp3) is 1.00. The summed E-state index contributed by atoms with van der Waals surface area (Å²) in [6.45, 7) is 0. The highest BCUT2D eigenvalue weighted by atomic mass is 16.6. The minimum absolute atomic E-state index is 0.0313. The molecule has 1 heterocycles. The highest BCUT2D eigenvalue weighted by Crippen LogP contribution is 2.47. The monoisotopic (exact) mass is 228 g/mol. The first-order valence-corrected chi connectivity index (χ1v) is 6.31. The van der Waals surface area contributed by atoms with Crippen molar-refractivity contribution in [1.82, 2.24) is 0 Å². The van der Waals surface area contributed by atoms with Gasteiger partial charge in [0, 0.05) is 12.8 Å². The van der Waals surface area contributed by atoms with Crippen LogP contribution in [0.2, 0.25) is 0 Å². The summed E-state index contributed by atoms with van der Waals surface area (Å²) in [6, 6.07) is 0. The van der Waals surface area contributed by atoms with Crippen LogP contribution in [0.5, 0.6) is 0 Å². The molecule has 4 unspecified atom stereocenters. The summed E-state index contributed by atoms with van der Waals surface area (Å²) in [6.07, 6.45) is 3.81. The van der Waals surface area contributed by atoms with Crippen LogP contribution in [0.15, 0.2) is 0 Å². The zero-order valence-electron chi connectivity index (χ0n) is 9.38. The molecule has 5 atom stereocenters. The predicted octanol–water partition coefficient (Wildman–Crippen LogP) is 0.396. The maximum Gasteiger partial charge on any atom is 0.155 e. The van der Waals surface area contributed by atoms with Crippen molar-refractivity contribution >= 4 is 0 Å². The third kappa shape index (κ3) is 1.88. The second kappa shape index (κ2) is 3.67. The zero-order valence-corrected chi connectivity index (χ0v) is 9.38. The molecule has 3 aliphatic rings. The normalized spacial score (nSPS) is 49.3. The lowest BCUT2D eigenvalue weighted by atomic mass is 9.87. The molecule has 3 rings (SSSR count). The average Bonchev–Trinajstić information content (AvgIpc) is 2.73. The number of aliphatic hydroxyl groups is 3. The van der Waals surface area contributed by atoms with Crippen LogP contribution in [-0.2, 0) is 4.74 Å². The molecule has 3 N–H and O–H groups in total. The van der Waals surface area contributed by atoms with Gasteiger partial charge in [-0.15, -0.1) is 0 Å². The van der Waals surface area contributed by atoms with E-state index in [2.05, 4.69) is 0 Å². The summed E-state index contributed by atoms with van der Waals surface area (Å²) in [4.78, 5) is 0. The van der Waals surface area contributed by atoms with E-state index >= 15 is 0 Å². The van der Waals surface area contributed by atoms with E-state index in [-0.39, 0.29) is 24.0 Å². The van der Waals surface area contributed by atoms with Gasteiger partial charge in [0.05, 0.1) is 17.8 Å². The van der Waals surface area contributed by atoms with Crippen molar-refractivity contribution in [1.29, 1.82) is 0 Å². The molecule has 4 nitrogen and oxygen atoms in total. The third-order valence-corrected chi connectivity index (χ3v) is 4.57. The SMILES string of the molecule is OC1CC2C(CCC3(O)CC3)C(O)C[C@@H]2O1. The van der Waals surface area contributed by atoms with Crippen molar-refractivity contribution in [3.8, 4) is 0 Å². The third-order valence-electron chi connectivity index (χ3n) is 4.57. The van der Waals surface area contributed by atoms with Gasteiger partial charge in [-0.25, -0.2) is 0 Å². The number of aliphatic hydroxyl groups excluding tert-OH is 2. The maximum atomic E-state index is 9.96. The van der Waals surface area contributed by atoms with Gasteiger partial charge in [0.2, 0.25) is 0 Å². The summed E-state index contributed by atoms with van der Waals surface area (Å²) >= 11 is 0. The number of hydrogen-bond donors (Lipinski definition) is 3. The van der Waals surface area contributed by atoms with Crippen molar-refractivity contribution in [2.45, 2.75) is 62.6 Å². The molecule has 4 heteroatoms. The molecular formula is C12H20O4. The predicted molar refractivity (Wildman–Crippen MR) is 56.5 cm³/mol. The Bertz CT molecular complexity index is 276. The fourth-order valence-electron chi connectivity index (χ4n) is 3.36. The number of fused-ring (bicyclic) bond motifs is 1. The maximum absolute atomic E-state index is 9.96. The van der Waals surface area contributed by atoms with E-state index in [1.165, 1.54) is 0 Å². The summed E-state index contributed by atoms with van der Waals surface area (Å²) < 4.78 is 5.37. The Kier molecular flexibility index (Phi) is 2.51. The van der Waals surface area contributed by atoms with Crippen LogP contribution in [0.1, 0.15) is 38.5 Å². The lowest BCUT2D eigenvalue weighted by molar-refractivity contribution is -0.0951. The average molecular weight is 228 g/mol. The molecule has 0 aromatic heterocycles. The van der Waals surface area contributed by atoms with Crippen LogP contribution in [0.25, 0.3) is 0 Å². The van der Waals surface area contributed by atoms with Crippen molar-refractivity contribution in [3.63, 3.8) is 0 Å². The van der Waals surface area contributed by atoms with Crippen LogP contribution in [0.4, 0.5) is 0 Å². The van der Waals surface area contributed by atoms with Gasteiger partial charge >= 0.3 is 0 Å². The summed E-state index contributed by atoms with van der Waals surface area (Å²) in [7, 11) is 0. The minimum Gasteiger partial charge on any atom is -0.393 e. The quantitative estimate of drug-likeness (QED) is 0.654. The second-order valence-electron chi connectivity index (χ2n) is 5.76. The summed E-state index contributed by atoms with van der Waals surface area (Å²) in [5.74, 6) is 0.485. The summed E-state index contributed by atoms with van der Waals surface area (Å²) in [5.41, 5.74) is -0.435. The highest BCUT2D eigenvalue weighted by molar-refractivity contribution is 4.99. The van der Waals surface area contributed by atoms with Gasteiger partial charge in [-0.05, 0) is 37.5 Å². The number of hydrogen-bond acceptors (Lipinski definition) is 4. The Morgan fingerprint density at radius 1 is 1.19 bits per heavy atom. The Hall–Kier alpha value is -0.160. The first-order valence-electron chi connectivity index (χ1n) is 6.31. The van der Waals surface area contributed by atoms with Gasteiger partial charge in [0.15, 0.2) is 6.29 Å². The van der Waals surface area contributed by atoms with Crippen molar-refractivity contribution in [2.75, 3.05) is 0 Å². The van der Waals surface area contributed by atoms with E-state index in [1.54, 1.807) is 0 Å². The molecule has 3 fully saturated rings. The molecule has 16 heavy (non-hydrogen) atoms. The number of rotatable bonds is 3. The Labute approximate surface area is 95.2 Å². The van der Waals surface area contributed by atoms with Gasteiger partial charge in [-0.1, -0.05) is 0 Å². The zero-order chi connectivity index (χ0) is 11.3. The van der Waals surface area contributed by atoms with Crippen molar-refractivity contribution in [3.05, 3.63) is 0 Å². The van der Waals surface area contributed by atoms with Gasteiger partial charge in [-0.3, -0.25) is 0 Å². The Morgan fingerprint density at radius 3 is 2.62 bits per heavy atom. The van der Waals surface area contributed by atoms with Gasteiger partial charge in [-0.2, -0.15) is 0 Å². The first-order chi connectivity index (χ1) is 7.57. The van der Waals surface area contributed by atoms with E-state index in [9.17, 15) is 15.3 Å². The van der Waals surface area contributed by atoms with Crippen LogP contribution in [0.3, 0.4) is 0 Å². The van der Waals surface area contributed by atoms with Crippen LogP contribution >= 0.6 is 0 Å². The molecule has 0 spiro atoms. The Morgan fingerprint density at radius 2 is 1.94 bits per heavy atom. The molecule has 2 saturated carbocycles. The van der Waals surface area contributed by atoms with Crippen LogP contribution in [-0.4, -0.2) is 39.4 Å². The molecule has 0 amide bonds. The number of ether oxygens (including phenoxy) is 1. The van der Waals surface area contributed by atoms with E-state index in [0.29, 0.717) is 12.8 Å². The lowest BCUT2D eigenvalue weighted by Gasteiger charge is -2.21. The van der Waals surface area contributed by atoms with Crippen LogP contribution in [0, 0.1) is 11.8 Å². The molecule has 0 aromatic rings. The summed E-state index contributed by atoms with van der Waals surface area (Å²) in [5, 5.41) is 29.2. The smallest absolute Gasteiger partial charge is 0.155 e. The molecule has 1 aliphatic heterocycles. The molecule has 0 bridgehead atoms. The molecule has 92 valence electrons. The van der Waals surface area contributed by atoms with Crippen molar-refractivity contribution < 1.29 is 20.1 Å².